The molecular weight excluding hydrogens is 220 g/mol. The molecule has 1 aromatic rings. The smallest absolute Gasteiger partial charge is 0.0426 e. The molecular formula is C13H19ClN2. The van der Waals surface area contributed by atoms with Crippen molar-refractivity contribution in [3.63, 3.8) is 0 Å². The van der Waals surface area contributed by atoms with Crippen LogP contribution in [0.15, 0.2) is 24.3 Å². The first kappa shape index (κ1) is 11.7. The summed E-state index contributed by atoms with van der Waals surface area (Å²) in [6.07, 6.45) is 4.99. The van der Waals surface area contributed by atoms with Crippen LogP contribution >= 0.6 is 11.6 Å². The molecule has 1 aromatic carbocycles. The average molecular weight is 239 g/mol. The van der Waals surface area contributed by atoms with E-state index in [1.165, 1.54) is 25.7 Å². The SMILES string of the molecule is CNC1CCC(Nc2cccc(Cl)c2)CC1. The van der Waals surface area contributed by atoms with Crippen LogP contribution in [-0.2, 0) is 0 Å². The molecule has 0 saturated heterocycles. The summed E-state index contributed by atoms with van der Waals surface area (Å²) in [5.41, 5.74) is 1.14. The van der Waals surface area contributed by atoms with Gasteiger partial charge in [0.2, 0.25) is 0 Å². The fourth-order valence-electron chi connectivity index (χ4n) is 2.34. The number of nitrogens with one attached hydrogen (secondary N) is 2. The zero-order valence-corrected chi connectivity index (χ0v) is 10.4. The van der Waals surface area contributed by atoms with Gasteiger partial charge in [-0.05, 0) is 50.9 Å². The van der Waals surface area contributed by atoms with E-state index in [0.29, 0.717) is 12.1 Å². The van der Waals surface area contributed by atoms with Gasteiger partial charge in [-0.3, -0.25) is 0 Å². The molecule has 2 rings (SSSR count). The van der Waals surface area contributed by atoms with Crippen LogP contribution in [0.1, 0.15) is 25.7 Å². The van der Waals surface area contributed by atoms with E-state index in [4.69, 9.17) is 11.6 Å². The molecule has 1 saturated carbocycles. The minimum absolute atomic E-state index is 0.600. The van der Waals surface area contributed by atoms with Gasteiger partial charge >= 0.3 is 0 Å². The Balaban J connectivity index is 1.87. The van der Waals surface area contributed by atoms with Crippen molar-refractivity contribution in [3.8, 4) is 0 Å². The summed E-state index contributed by atoms with van der Waals surface area (Å²) < 4.78 is 0. The topological polar surface area (TPSA) is 24.1 Å². The van der Waals surface area contributed by atoms with Crippen LogP contribution in [0.3, 0.4) is 0 Å². The highest BCUT2D eigenvalue weighted by atomic mass is 35.5. The highest BCUT2D eigenvalue weighted by Crippen LogP contribution is 2.23. The lowest BCUT2D eigenvalue weighted by atomic mass is 9.91. The highest BCUT2D eigenvalue weighted by Gasteiger charge is 2.19. The molecule has 2 nitrogen and oxygen atoms in total. The van der Waals surface area contributed by atoms with Gasteiger partial charge in [0.25, 0.3) is 0 Å². The van der Waals surface area contributed by atoms with Crippen molar-refractivity contribution in [3.05, 3.63) is 29.3 Å². The number of anilines is 1. The van der Waals surface area contributed by atoms with Gasteiger partial charge in [-0.1, -0.05) is 17.7 Å². The van der Waals surface area contributed by atoms with Crippen LogP contribution in [0.2, 0.25) is 5.02 Å². The van der Waals surface area contributed by atoms with E-state index in [1.807, 2.05) is 18.2 Å². The standard InChI is InChI=1S/C13H19ClN2/c1-15-11-5-7-12(8-6-11)16-13-4-2-3-10(14)9-13/h2-4,9,11-12,15-16H,5-8H2,1H3. The monoisotopic (exact) mass is 238 g/mol. The van der Waals surface area contributed by atoms with Gasteiger partial charge in [-0.2, -0.15) is 0 Å². The van der Waals surface area contributed by atoms with Crippen molar-refractivity contribution in [2.75, 3.05) is 12.4 Å². The first-order valence-electron chi connectivity index (χ1n) is 5.97. The van der Waals surface area contributed by atoms with Crippen LogP contribution in [0.5, 0.6) is 0 Å². The van der Waals surface area contributed by atoms with Crippen LogP contribution in [0.4, 0.5) is 5.69 Å². The predicted octanol–water partition coefficient (Wildman–Crippen LogP) is 3.28. The van der Waals surface area contributed by atoms with E-state index in [2.05, 4.69) is 23.7 Å². The molecule has 1 aliphatic rings. The fourth-order valence-corrected chi connectivity index (χ4v) is 2.53. The van der Waals surface area contributed by atoms with Gasteiger partial charge in [0.05, 0.1) is 0 Å². The number of hydrogen-bond acceptors (Lipinski definition) is 2. The summed E-state index contributed by atoms with van der Waals surface area (Å²) in [6, 6.07) is 9.27. The van der Waals surface area contributed by atoms with E-state index in [0.717, 1.165) is 10.7 Å². The second-order valence-corrected chi connectivity index (χ2v) is 4.93. The molecule has 0 aromatic heterocycles. The van der Waals surface area contributed by atoms with Crippen molar-refractivity contribution in [1.82, 2.24) is 5.32 Å². The summed E-state index contributed by atoms with van der Waals surface area (Å²) in [6.45, 7) is 0. The van der Waals surface area contributed by atoms with Crippen LogP contribution < -0.4 is 10.6 Å². The average Bonchev–Trinajstić information content (AvgIpc) is 2.30. The molecule has 1 aliphatic carbocycles. The maximum atomic E-state index is 5.96. The number of hydrogen-bond donors (Lipinski definition) is 2. The lowest BCUT2D eigenvalue weighted by Gasteiger charge is -2.29. The first-order chi connectivity index (χ1) is 7.78. The minimum atomic E-state index is 0.600. The van der Waals surface area contributed by atoms with Crippen LogP contribution in [0.25, 0.3) is 0 Å². The molecule has 0 unspecified atom stereocenters. The molecule has 0 radical (unpaired) electrons. The van der Waals surface area contributed by atoms with Crippen LogP contribution in [0, 0.1) is 0 Å². The third-order valence-electron chi connectivity index (χ3n) is 3.33. The van der Waals surface area contributed by atoms with Crippen molar-refractivity contribution < 1.29 is 0 Å². The minimum Gasteiger partial charge on any atom is -0.382 e. The summed E-state index contributed by atoms with van der Waals surface area (Å²) in [5, 5.41) is 7.70. The molecule has 2 N–H and O–H groups in total. The molecule has 0 bridgehead atoms. The Kier molecular flexibility index (Phi) is 4.08. The lowest BCUT2D eigenvalue weighted by molar-refractivity contribution is 0.371. The van der Waals surface area contributed by atoms with Gasteiger partial charge in [0.1, 0.15) is 0 Å². The van der Waals surface area contributed by atoms with E-state index in [1.54, 1.807) is 0 Å². The summed E-state index contributed by atoms with van der Waals surface area (Å²) in [5.74, 6) is 0. The Morgan fingerprint density at radius 3 is 2.44 bits per heavy atom. The number of benzene rings is 1. The Bertz CT molecular complexity index is 332. The Morgan fingerprint density at radius 1 is 1.12 bits per heavy atom. The van der Waals surface area contributed by atoms with Crippen molar-refractivity contribution in [1.29, 1.82) is 0 Å². The lowest BCUT2D eigenvalue weighted by Crippen LogP contribution is -2.34. The summed E-state index contributed by atoms with van der Waals surface area (Å²) >= 11 is 5.96. The Morgan fingerprint density at radius 2 is 1.81 bits per heavy atom. The normalized spacial score (nSPS) is 25.4. The van der Waals surface area contributed by atoms with Gasteiger partial charge in [0.15, 0.2) is 0 Å². The molecule has 0 aliphatic heterocycles. The maximum absolute atomic E-state index is 5.96. The van der Waals surface area contributed by atoms with Gasteiger partial charge in [-0.25, -0.2) is 0 Å². The Labute approximate surface area is 102 Å². The zero-order valence-electron chi connectivity index (χ0n) is 9.67. The van der Waals surface area contributed by atoms with Crippen molar-refractivity contribution >= 4 is 17.3 Å². The van der Waals surface area contributed by atoms with Gasteiger partial charge < -0.3 is 10.6 Å². The molecule has 88 valence electrons. The summed E-state index contributed by atoms with van der Waals surface area (Å²) in [4.78, 5) is 0. The molecule has 3 heteroatoms. The third kappa shape index (κ3) is 3.13. The Hall–Kier alpha value is -0.730. The molecule has 0 amide bonds. The van der Waals surface area contributed by atoms with E-state index < -0.39 is 0 Å². The highest BCUT2D eigenvalue weighted by molar-refractivity contribution is 6.30. The predicted molar refractivity (Wildman–Crippen MR) is 70.2 cm³/mol. The third-order valence-corrected chi connectivity index (χ3v) is 3.57. The molecule has 0 heterocycles. The van der Waals surface area contributed by atoms with E-state index in [9.17, 15) is 0 Å². The fraction of sp³-hybridized carbons (Fsp3) is 0.538. The molecule has 1 fully saturated rings. The molecule has 0 atom stereocenters. The number of rotatable bonds is 3. The van der Waals surface area contributed by atoms with Crippen molar-refractivity contribution in [2.24, 2.45) is 0 Å². The second-order valence-electron chi connectivity index (χ2n) is 4.49. The quantitative estimate of drug-likeness (QED) is 0.845. The van der Waals surface area contributed by atoms with Crippen LogP contribution in [-0.4, -0.2) is 19.1 Å². The number of halogens is 1. The second kappa shape index (κ2) is 5.55. The zero-order chi connectivity index (χ0) is 11.4. The largest absolute Gasteiger partial charge is 0.382 e. The van der Waals surface area contributed by atoms with Gasteiger partial charge in [-0.15, -0.1) is 0 Å². The molecule has 16 heavy (non-hydrogen) atoms. The van der Waals surface area contributed by atoms with E-state index >= 15 is 0 Å². The van der Waals surface area contributed by atoms with E-state index in [-0.39, 0.29) is 0 Å². The summed E-state index contributed by atoms with van der Waals surface area (Å²) in [7, 11) is 2.05. The van der Waals surface area contributed by atoms with Crippen molar-refractivity contribution in [2.45, 2.75) is 37.8 Å². The maximum Gasteiger partial charge on any atom is 0.0426 e. The first-order valence-corrected chi connectivity index (χ1v) is 6.35. The van der Waals surface area contributed by atoms with Gasteiger partial charge in [0, 0.05) is 22.8 Å². The molecule has 0 spiro atoms.